The molecule has 0 fully saturated rings. The smallest absolute Gasteiger partial charge is 0.308 e. The van der Waals surface area contributed by atoms with Crippen LogP contribution in [0.5, 0.6) is 0 Å². The highest BCUT2D eigenvalue weighted by Gasteiger charge is 2.32. The Labute approximate surface area is 274 Å². The first kappa shape index (κ1) is 29.4. The third kappa shape index (κ3) is 4.51. The summed E-state index contributed by atoms with van der Waals surface area (Å²) in [5.41, 5.74) is 8.05. The van der Waals surface area contributed by atoms with Gasteiger partial charge in [0.15, 0.2) is 0 Å². The second-order valence-electron chi connectivity index (χ2n) is 12.4. The summed E-state index contributed by atoms with van der Waals surface area (Å²) in [7, 11) is 0. The molecule has 48 heavy (non-hydrogen) atoms. The Bertz CT molecular complexity index is 2600. The van der Waals surface area contributed by atoms with Gasteiger partial charge in [-0.3, -0.25) is 0 Å². The van der Waals surface area contributed by atoms with E-state index in [4.69, 9.17) is 0 Å². The van der Waals surface area contributed by atoms with Gasteiger partial charge in [0.1, 0.15) is 11.6 Å². The molecule has 0 radical (unpaired) electrons. The molecular formula is C41H27F3N4. The molecule has 0 amide bonds. The first-order valence-electron chi connectivity index (χ1n) is 15.7. The lowest BCUT2D eigenvalue weighted by atomic mass is 9.96. The number of halogens is 3. The van der Waals surface area contributed by atoms with Crippen LogP contribution in [0.15, 0.2) is 97.1 Å². The van der Waals surface area contributed by atoms with Crippen molar-refractivity contribution in [2.24, 2.45) is 0 Å². The maximum atomic E-state index is 14.1. The second-order valence-corrected chi connectivity index (χ2v) is 12.4. The SMILES string of the molecule is Cc1ccc2c3c(n(-c4cc(-c5cc(C#N)cc(C(F)(F)F)c5)cc(-n5c6ccccc6c6ccc(C)cc65)c4C#N)c2c1)C=CCC3. The highest BCUT2D eigenvalue weighted by atomic mass is 19.4. The number of hydrogen-bond donors (Lipinski definition) is 0. The minimum absolute atomic E-state index is 0.0953. The molecule has 0 spiro atoms. The molecule has 0 bridgehead atoms. The van der Waals surface area contributed by atoms with Crippen LogP contribution < -0.4 is 0 Å². The topological polar surface area (TPSA) is 57.4 Å². The van der Waals surface area contributed by atoms with Crippen molar-refractivity contribution in [1.82, 2.24) is 9.13 Å². The normalized spacial score (nSPS) is 12.8. The van der Waals surface area contributed by atoms with Crippen molar-refractivity contribution in [3.63, 3.8) is 0 Å². The number of aromatic nitrogens is 2. The number of para-hydroxylation sites is 1. The third-order valence-corrected chi connectivity index (χ3v) is 9.35. The average molecular weight is 633 g/mol. The van der Waals surface area contributed by atoms with Crippen LogP contribution in [-0.2, 0) is 12.6 Å². The highest BCUT2D eigenvalue weighted by molar-refractivity contribution is 6.10. The monoisotopic (exact) mass is 632 g/mol. The van der Waals surface area contributed by atoms with E-state index >= 15 is 0 Å². The number of allylic oxidation sites excluding steroid dienone is 1. The summed E-state index contributed by atoms with van der Waals surface area (Å²) in [6.07, 6.45) is 1.26. The summed E-state index contributed by atoms with van der Waals surface area (Å²) < 4.78 is 46.6. The Morgan fingerprint density at radius 1 is 0.667 bits per heavy atom. The van der Waals surface area contributed by atoms with E-state index < -0.39 is 11.7 Å². The summed E-state index contributed by atoms with van der Waals surface area (Å²) >= 11 is 0. The second kappa shape index (κ2) is 10.8. The molecule has 232 valence electrons. The number of aryl methyl sites for hydroxylation is 3. The quantitative estimate of drug-likeness (QED) is 0.195. The van der Waals surface area contributed by atoms with Crippen molar-refractivity contribution < 1.29 is 13.2 Å². The minimum Gasteiger partial charge on any atom is -0.308 e. The number of benzene rings is 5. The van der Waals surface area contributed by atoms with Crippen LogP contribution in [0.1, 0.15) is 45.5 Å². The molecule has 4 nitrogen and oxygen atoms in total. The Morgan fingerprint density at radius 2 is 1.31 bits per heavy atom. The van der Waals surface area contributed by atoms with Gasteiger partial charge in [0.25, 0.3) is 0 Å². The fourth-order valence-electron chi connectivity index (χ4n) is 7.21. The third-order valence-electron chi connectivity index (χ3n) is 9.35. The first-order chi connectivity index (χ1) is 23.2. The number of rotatable bonds is 3. The molecule has 7 heteroatoms. The van der Waals surface area contributed by atoms with Gasteiger partial charge in [0.05, 0.1) is 45.1 Å². The van der Waals surface area contributed by atoms with Crippen LogP contribution in [0.2, 0.25) is 0 Å². The molecule has 0 atom stereocenters. The molecule has 1 aliphatic carbocycles. The van der Waals surface area contributed by atoms with Crippen LogP contribution in [0, 0.1) is 36.5 Å². The molecule has 2 heterocycles. The molecule has 1 aliphatic rings. The summed E-state index contributed by atoms with van der Waals surface area (Å²) in [4.78, 5) is 0. The Morgan fingerprint density at radius 3 is 2.02 bits per heavy atom. The summed E-state index contributed by atoms with van der Waals surface area (Å²) in [5, 5.41) is 23.9. The maximum Gasteiger partial charge on any atom is 0.416 e. The van der Waals surface area contributed by atoms with Crippen molar-refractivity contribution in [3.8, 4) is 34.6 Å². The fourth-order valence-corrected chi connectivity index (χ4v) is 7.21. The van der Waals surface area contributed by atoms with E-state index in [0.29, 0.717) is 22.5 Å². The lowest BCUT2D eigenvalue weighted by Gasteiger charge is -2.20. The zero-order valence-corrected chi connectivity index (χ0v) is 26.2. The number of hydrogen-bond acceptors (Lipinski definition) is 2. The average Bonchev–Trinajstić information content (AvgIpc) is 3.58. The molecule has 0 aliphatic heterocycles. The summed E-state index contributed by atoms with van der Waals surface area (Å²) in [6.45, 7) is 4.03. The first-order valence-corrected chi connectivity index (χ1v) is 15.7. The van der Waals surface area contributed by atoms with Gasteiger partial charge in [-0.25, -0.2) is 0 Å². The molecule has 8 rings (SSSR count). The van der Waals surface area contributed by atoms with E-state index in [9.17, 15) is 23.7 Å². The fraction of sp³-hybridized carbons (Fsp3) is 0.122. The summed E-state index contributed by atoms with van der Waals surface area (Å²) in [6, 6.07) is 31.8. The zero-order valence-electron chi connectivity index (χ0n) is 26.2. The molecule has 0 unspecified atom stereocenters. The van der Waals surface area contributed by atoms with E-state index in [0.717, 1.165) is 74.5 Å². The Hall–Kier alpha value is -6.05. The van der Waals surface area contributed by atoms with E-state index in [1.54, 1.807) is 12.1 Å². The van der Waals surface area contributed by atoms with Gasteiger partial charge >= 0.3 is 6.18 Å². The van der Waals surface area contributed by atoms with Crippen LogP contribution in [0.25, 0.3) is 61.3 Å². The van der Waals surface area contributed by atoms with E-state index in [1.807, 2.05) is 54.8 Å². The summed E-state index contributed by atoms with van der Waals surface area (Å²) in [5.74, 6) is 0. The number of nitrogens with zero attached hydrogens (tertiary/aromatic N) is 4. The van der Waals surface area contributed by atoms with Crippen LogP contribution >= 0.6 is 0 Å². The Kier molecular flexibility index (Phi) is 6.58. The minimum atomic E-state index is -4.65. The number of fused-ring (bicyclic) bond motifs is 6. The van der Waals surface area contributed by atoms with Crippen molar-refractivity contribution in [2.75, 3.05) is 0 Å². The van der Waals surface area contributed by atoms with Gasteiger partial charge in [-0.2, -0.15) is 23.7 Å². The van der Waals surface area contributed by atoms with Crippen LogP contribution in [0.3, 0.4) is 0 Å². The van der Waals surface area contributed by atoms with Gasteiger partial charge in [-0.15, -0.1) is 0 Å². The highest BCUT2D eigenvalue weighted by Crippen LogP contribution is 2.42. The van der Waals surface area contributed by atoms with Gasteiger partial charge in [-0.05, 0) is 109 Å². The van der Waals surface area contributed by atoms with E-state index in [2.05, 4.69) is 53.1 Å². The molecule has 0 saturated heterocycles. The largest absolute Gasteiger partial charge is 0.416 e. The van der Waals surface area contributed by atoms with Crippen LogP contribution in [0.4, 0.5) is 13.2 Å². The van der Waals surface area contributed by atoms with Crippen molar-refractivity contribution in [3.05, 3.63) is 136 Å². The van der Waals surface area contributed by atoms with Crippen molar-refractivity contribution in [1.29, 1.82) is 10.5 Å². The van der Waals surface area contributed by atoms with Crippen LogP contribution in [-0.4, -0.2) is 9.13 Å². The Balaban J connectivity index is 1.56. The molecule has 0 saturated carbocycles. The van der Waals surface area contributed by atoms with Gasteiger partial charge in [0.2, 0.25) is 0 Å². The van der Waals surface area contributed by atoms with Crippen molar-refractivity contribution >= 4 is 38.8 Å². The van der Waals surface area contributed by atoms with Crippen molar-refractivity contribution in [2.45, 2.75) is 32.9 Å². The van der Waals surface area contributed by atoms with Gasteiger partial charge < -0.3 is 9.13 Å². The predicted octanol–water partition coefficient (Wildman–Crippen LogP) is 10.7. The lowest BCUT2D eigenvalue weighted by Crippen LogP contribution is -2.08. The van der Waals surface area contributed by atoms with E-state index in [-0.39, 0.29) is 11.1 Å². The predicted molar refractivity (Wildman–Crippen MR) is 184 cm³/mol. The maximum absolute atomic E-state index is 14.1. The molecule has 5 aromatic carbocycles. The zero-order chi connectivity index (χ0) is 33.3. The van der Waals surface area contributed by atoms with E-state index in [1.165, 1.54) is 11.6 Å². The molecule has 0 N–H and O–H groups in total. The molecule has 2 aromatic heterocycles. The molecular weight excluding hydrogens is 605 g/mol. The van der Waals surface area contributed by atoms with Gasteiger partial charge in [-0.1, -0.05) is 48.5 Å². The lowest BCUT2D eigenvalue weighted by molar-refractivity contribution is -0.137. The standard InChI is InChI=1S/C41H27F3N4/c1-24-11-13-32-30-7-3-5-9-35(30)47(37(32)15-24)39-20-28(27-17-26(22-45)18-29(19-27)41(42,43)44)21-40(34(39)23-46)48-36-10-6-4-8-31(36)33-14-12-25(2)16-38(33)48/h3,5-7,9-21H,4,8H2,1-2H3. The number of alkyl halides is 3. The number of nitriles is 2. The molecule has 7 aromatic rings. The van der Waals surface area contributed by atoms with Gasteiger partial charge in [0, 0.05) is 21.9 Å².